The molecule has 0 fully saturated rings. The van der Waals surface area contributed by atoms with Gasteiger partial charge in [0.2, 0.25) is 0 Å². The van der Waals surface area contributed by atoms with Crippen LogP contribution in [0.5, 0.6) is 0 Å². The summed E-state index contributed by atoms with van der Waals surface area (Å²) in [4.78, 5) is 12.1. The van der Waals surface area contributed by atoms with E-state index in [0.717, 1.165) is 6.42 Å². The standard InChI is InChI=1S/C15H16ClFN2O/c1-3-10(2)19-8-7-11(18-19)9-14(20)12-5-4-6-13(16)15(12)17/h4-8,10H,3,9H2,1-2H3. The Labute approximate surface area is 122 Å². The van der Waals surface area contributed by atoms with Gasteiger partial charge in [0.25, 0.3) is 0 Å². The van der Waals surface area contributed by atoms with E-state index in [9.17, 15) is 9.18 Å². The van der Waals surface area contributed by atoms with E-state index < -0.39 is 5.82 Å². The second kappa shape index (κ2) is 6.18. The summed E-state index contributed by atoms with van der Waals surface area (Å²) < 4.78 is 15.6. The minimum atomic E-state index is -0.666. The van der Waals surface area contributed by atoms with E-state index in [1.54, 1.807) is 12.1 Å². The van der Waals surface area contributed by atoms with Crippen LogP contribution in [-0.2, 0) is 6.42 Å². The highest BCUT2D eigenvalue weighted by Crippen LogP contribution is 2.19. The quantitative estimate of drug-likeness (QED) is 0.779. The summed E-state index contributed by atoms with van der Waals surface area (Å²) >= 11 is 5.68. The van der Waals surface area contributed by atoms with Crippen LogP contribution in [0.25, 0.3) is 0 Å². The Morgan fingerprint density at radius 3 is 2.90 bits per heavy atom. The predicted molar refractivity (Wildman–Crippen MR) is 76.7 cm³/mol. The summed E-state index contributed by atoms with van der Waals surface area (Å²) in [5.41, 5.74) is 0.644. The second-order valence-electron chi connectivity index (χ2n) is 4.75. The number of hydrogen-bond acceptors (Lipinski definition) is 2. The fourth-order valence-corrected chi connectivity index (χ4v) is 2.06. The van der Waals surface area contributed by atoms with Crippen LogP contribution in [-0.4, -0.2) is 15.6 Å². The lowest BCUT2D eigenvalue weighted by molar-refractivity contribution is 0.0988. The van der Waals surface area contributed by atoms with Crippen molar-refractivity contribution in [1.82, 2.24) is 9.78 Å². The predicted octanol–water partition coefficient (Wildman–Crippen LogP) is 4.07. The molecule has 3 nitrogen and oxygen atoms in total. The number of ketones is 1. The van der Waals surface area contributed by atoms with E-state index in [1.165, 1.54) is 12.1 Å². The molecule has 1 heterocycles. The first-order valence-electron chi connectivity index (χ1n) is 6.54. The van der Waals surface area contributed by atoms with Gasteiger partial charge in [0, 0.05) is 12.2 Å². The van der Waals surface area contributed by atoms with E-state index in [2.05, 4.69) is 18.9 Å². The van der Waals surface area contributed by atoms with Crippen LogP contribution < -0.4 is 0 Å². The number of aromatic nitrogens is 2. The molecule has 0 radical (unpaired) electrons. The molecule has 5 heteroatoms. The van der Waals surface area contributed by atoms with Crippen molar-refractivity contribution >= 4 is 17.4 Å². The maximum atomic E-state index is 13.8. The van der Waals surface area contributed by atoms with Crippen LogP contribution in [0.3, 0.4) is 0 Å². The van der Waals surface area contributed by atoms with Crippen molar-refractivity contribution in [3.63, 3.8) is 0 Å². The van der Waals surface area contributed by atoms with Crippen LogP contribution in [0.2, 0.25) is 5.02 Å². The average Bonchev–Trinajstić information content (AvgIpc) is 2.89. The van der Waals surface area contributed by atoms with Crippen molar-refractivity contribution < 1.29 is 9.18 Å². The Morgan fingerprint density at radius 2 is 2.20 bits per heavy atom. The van der Waals surface area contributed by atoms with Gasteiger partial charge in [0.1, 0.15) is 0 Å². The largest absolute Gasteiger partial charge is 0.294 e. The maximum absolute atomic E-state index is 13.8. The highest BCUT2D eigenvalue weighted by molar-refractivity contribution is 6.31. The number of benzene rings is 1. The topological polar surface area (TPSA) is 34.9 Å². The normalized spacial score (nSPS) is 12.4. The molecule has 1 atom stereocenters. The number of carbonyl (C=O) groups excluding carboxylic acids is 1. The van der Waals surface area contributed by atoms with Crippen LogP contribution in [0.1, 0.15) is 42.4 Å². The summed E-state index contributed by atoms with van der Waals surface area (Å²) in [6.45, 7) is 4.12. The molecule has 2 aromatic rings. The Hall–Kier alpha value is -1.68. The van der Waals surface area contributed by atoms with Gasteiger partial charge in [0.05, 0.1) is 22.7 Å². The number of nitrogens with zero attached hydrogens (tertiary/aromatic N) is 2. The zero-order valence-electron chi connectivity index (χ0n) is 11.4. The number of Topliss-reactive ketones (excluding diaryl/α,β-unsaturated/α-hetero) is 1. The van der Waals surface area contributed by atoms with Gasteiger partial charge >= 0.3 is 0 Å². The summed E-state index contributed by atoms with van der Waals surface area (Å²) in [5.74, 6) is -0.986. The first-order chi connectivity index (χ1) is 9.52. The van der Waals surface area contributed by atoms with Crippen LogP contribution in [0, 0.1) is 5.82 Å². The van der Waals surface area contributed by atoms with E-state index in [4.69, 9.17) is 11.6 Å². The van der Waals surface area contributed by atoms with Gasteiger partial charge < -0.3 is 0 Å². The molecule has 0 saturated heterocycles. The monoisotopic (exact) mass is 294 g/mol. The Balaban J connectivity index is 2.15. The van der Waals surface area contributed by atoms with Gasteiger partial charge in [0.15, 0.2) is 11.6 Å². The van der Waals surface area contributed by atoms with Gasteiger partial charge in [-0.3, -0.25) is 9.48 Å². The van der Waals surface area contributed by atoms with E-state index in [-0.39, 0.29) is 28.8 Å². The van der Waals surface area contributed by atoms with E-state index in [0.29, 0.717) is 5.69 Å². The lowest BCUT2D eigenvalue weighted by Gasteiger charge is -2.08. The van der Waals surface area contributed by atoms with Crippen molar-refractivity contribution in [2.24, 2.45) is 0 Å². The third-order valence-corrected chi connectivity index (χ3v) is 3.59. The third kappa shape index (κ3) is 3.07. The van der Waals surface area contributed by atoms with Crippen LogP contribution in [0.4, 0.5) is 4.39 Å². The molecule has 2 rings (SSSR count). The molecule has 1 unspecified atom stereocenters. The molecule has 0 N–H and O–H groups in total. The summed E-state index contributed by atoms with van der Waals surface area (Å²) in [6.07, 6.45) is 2.86. The fourth-order valence-electron chi connectivity index (χ4n) is 1.88. The molecule has 1 aromatic heterocycles. The molecule has 0 saturated carbocycles. The molecule has 0 aliphatic carbocycles. The van der Waals surface area contributed by atoms with Crippen molar-refractivity contribution in [3.05, 3.63) is 52.6 Å². The van der Waals surface area contributed by atoms with Crippen LogP contribution >= 0.6 is 11.6 Å². The van der Waals surface area contributed by atoms with Crippen molar-refractivity contribution in [2.75, 3.05) is 0 Å². The van der Waals surface area contributed by atoms with E-state index >= 15 is 0 Å². The lowest BCUT2D eigenvalue weighted by atomic mass is 10.1. The van der Waals surface area contributed by atoms with Gasteiger partial charge in [-0.2, -0.15) is 5.10 Å². The fraction of sp³-hybridized carbons (Fsp3) is 0.333. The molecule has 0 aliphatic rings. The minimum absolute atomic E-state index is 0.00981. The number of carbonyl (C=O) groups is 1. The Bertz CT molecular complexity index is 624. The SMILES string of the molecule is CCC(C)n1ccc(CC(=O)c2cccc(Cl)c2F)n1. The smallest absolute Gasteiger partial charge is 0.171 e. The summed E-state index contributed by atoms with van der Waals surface area (Å²) in [5, 5.41) is 4.30. The molecular weight excluding hydrogens is 279 g/mol. The van der Waals surface area contributed by atoms with E-state index in [1.807, 2.05) is 10.9 Å². The zero-order valence-corrected chi connectivity index (χ0v) is 12.2. The van der Waals surface area contributed by atoms with Gasteiger partial charge in [-0.25, -0.2) is 4.39 Å². The van der Waals surface area contributed by atoms with Gasteiger partial charge in [-0.1, -0.05) is 24.6 Å². The number of hydrogen-bond donors (Lipinski definition) is 0. The van der Waals surface area contributed by atoms with Gasteiger partial charge in [-0.15, -0.1) is 0 Å². The first kappa shape index (κ1) is 14.7. The first-order valence-corrected chi connectivity index (χ1v) is 6.92. The zero-order chi connectivity index (χ0) is 14.7. The van der Waals surface area contributed by atoms with Crippen LogP contribution in [0.15, 0.2) is 30.5 Å². The molecule has 1 aromatic carbocycles. The van der Waals surface area contributed by atoms with Crippen molar-refractivity contribution in [3.8, 4) is 0 Å². The summed E-state index contributed by atoms with van der Waals surface area (Å²) in [7, 11) is 0. The molecule has 0 spiro atoms. The molecule has 106 valence electrons. The average molecular weight is 295 g/mol. The highest BCUT2D eigenvalue weighted by Gasteiger charge is 2.16. The molecule has 0 amide bonds. The maximum Gasteiger partial charge on any atom is 0.171 e. The Kier molecular flexibility index (Phi) is 4.55. The highest BCUT2D eigenvalue weighted by atomic mass is 35.5. The summed E-state index contributed by atoms with van der Waals surface area (Å²) in [6, 6.07) is 6.49. The molecule has 0 aliphatic heterocycles. The minimum Gasteiger partial charge on any atom is -0.294 e. The number of halogens is 2. The molecule has 0 bridgehead atoms. The third-order valence-electron chi connectivity index (χ3n) is 3.30. The molecule has 20 heavy (non-hydrogen) atoms. The van der Waals surface area contributed by atoms with Gasteiger partial charge in [-0.05, 0) is 31.5 Å². The molecular formula is C15H16ClFN2O. The second-order valence-corrected chi connectivity index (χ2v) is 5.15. The van der Waals surface area contributed by atoms with Crippen molar-refractivity contribution in [1.29, 1.82) is 0 Å². The number of rotatable bonds is 5. The lowest BCUT2D eigenvalue weighted by Crippen LogP contribution is -2.09. The Morgan fingerprint density at radius 1 is 1.45 bits per heavy atom. The van der Waals surface area contributed by atoms with Crippen molar-refractivity contribution in [2.45, 2.75) is 32.7 Å².